The largest absolute Gasteiger partial charge is 0.366 e. The number of amides is 1. The Morgan fingerprint density at radius 1 is 1.33 bits per heavy atom. The molecule has 0 unspecified atom stereocenters. The molecule has 6 nitrogen and oxygen atoms in total. The maximum atomic E-state index is 11.5. The van der Waals surface area contributed by atoms with Crippen LogP contribution in [0.25, 0.3) is 22.6 Å². The summed E-state index contributed by atoms with van der Waals surface area (Å²) in [6.07, 6.45) is 5.17. The van der Waals surface area contributed by atoms with E-state index < -0.39 is 5.91 Å². The van der Waals surface area contributed by atoms with Crippen LogP contribution < -0.4 is 11.1 Å². The van der Waals surface area contributed by atoms with E-state index in [1.54, 1.807) is 23.5 Å². The number of thiazole rings is 1. The van der Waals surface area contributed by atoms with Gasteiger partial charge in [0.25, 0.3) is 5.91 Å². The highest BCUT2D eigenvalue weighted by Crippen LogP contribution is 2.25. The van der Waals surface area contributed by atoms with Crippen LogP contribution in [0, 0.1) is 0 Å². The van der Waals surface area contributed by atoms with Crippen LogP contribution in [-0.4, -0.2) is 26.9 Å². The number of fused-ring (bicyclic) bond motifs is 1. The van der Waals surface area contributed by atoms with Crippen LogP contribution in [0.4, 0.5) is 0 Å². The summed E-state index contributed by atoms with van der Waals surface area (Å²) < 4.78 is 0. The number of imidazole rings is 1. The second kappa shape index (κ2) is 6.33. The quantitative estimate of drug-likeness (QED) is 0.665. The molecule has 24 heavy (non-hydrogen) atoms. The molecule has 1 fully saturated rings. The molecule has 3 aromatic rings. The van der Waals surface area contributed by atoms with Gasteiger partial charge in [0.1, 0.15) is 16.2 Å². The molecular formula is C17H19N5OS. The van der Waals surface area contributed by atoms with Crippen LogP contribution in [0.2, 0.25) is 0 Å². The minimum Gasteiger partial charge on any atom is -0.366 e. The first-order valence-electron chi connectivity index (χ1n) is 8.17. The lowest BCUT2D eigenvalue weighted by molar-refractivity contribution is 0.100. The number of rotatable bonds is 5. The average molecular weight is 341 g/mol. The summed E-state index contributed by atoms with van der Waals surface area (Å²) in [4.78, 5) is 23.9. The Balaban J connectivity index is 1.56. The van der Waals surface area contributed by atoms with Crippen molar-refractivity contribution in [1.82, 2.24) is 20.3 Å². The molecule has 1 saturated carbocycles. The number of nitrogens with one attached hydrogen (secondary N) is 2. The molecule has 7 heteroatoms. The molecule has 2 heterocycles. The minimum atomic E-state index is -0.474. The van der Waals surface area contributed by atoms with Crippen LogP contribution >= 0.6 is 11.3 Å². The zero-order chi connectivity index (χ0) is 16.5. The number of aromatic nitrogens is 3. The number of nitrogens with zero attached hydrogens (tertiary/aromatic N) is 2. The van der Waals surface area contributed by atoms with Gasteiger partial charge >= 0.3 is 0 Å². The lowest BCUT2D eigenvalue weighted by Gasteiger charge is -2.09. The summed E-state index contributed by atoms with van der Waals surface area (Å²) in [5, 5.41) is 6.61. The SMILES string of the molecule is NC(=O)c1cccc2[nH]c(-c3csc(CNC4CCCC4)n3)nc12. The third-order valence-electron chi connectivity index (χ3n) is 4.47. The Kier molecular flexibility index (Phi) is 4.03. The third kappa shape index (κ3) is 2.92. The van der Waals surface area contributed by atoms with Crippen LogP contribution in [0.3, 0.4) is 0 Å². The molecule has 4 N–H and O–H groups in total. The van der Waals surface area contributed by atoms with E-state index in [9.17, 15) is 4.79 Å². The number of carbonyl (C=O) groups excluding carboxylic acids is 1. The molecule has 0 saturated heterocycles. The zero-order valence-electron chi connectivity index (χ0n) is 13.2. The fourth-order valence-corrected chi connectivity index (χ4v) is 3.94. The molecule has 2 aromatic heterocycles. The van der Waals surface area contributed by atoms with E-state index in [-0.39, 0.29) is 0 Å². The molecule has 1 aliphatic carbocycles. The Hall–Kier alpha value is -2.25. The summed E-state index contributed by atoms with van der Waals surface area (Å²) in [5.74, 6) is 0.195. The smallest absolute Gasteiger partial charge is 0.250 e. The summed E-state index contributed by atoms with van der Waals surface area (Å²) in [7, 11) is 0. The van der Waals surface area contributed by atoms with Gasteiger partial charge in [-0.2, -0.15) is 0 Å². The minimum absolute atomic E-state index is 0.424. The van der Waals surface area contributed by atoms with E-state index in [1.165, 1.54) is 25.7 Å². The Labute approximate surface area is 143 Å². The van der Waals surface area contributed by atoms with Crippen molar-refractivity contribution in [3.05, 3.63) is 34.2 Å². The zero-order valence-corrected chi connectivity index (χ0v) is 14.0. The van der Waals surface area contributed by atoms with E-state index in [0.717, 1.165) is 22.8 Å². The van der Waals surface area contributed by atoms with Gasteiger partial charge in [0.2, 0.25) is 0 Å². The summed E-state index contributed by atoms with van der Waals surface area (Å²) in [6.45, 7) is 0.794. The molecule has 0 radical (unpaired) electrons. The number of primary amides is 1. The molecule has 4 rings (SSSR count). The van der Waals surface area contributed by atoms with Crippen LogP contribution in [0.15, 0.2) is 23.6 Å². The van der Waals surface area contributed by atoms with Gasteiger partial charge in [-0.1, -0.05) is 18.9 Å². The molecule has 1 aliphatic rings. The number of hydrogen-bond acceptors (Lipinski definition) is 5. The van der Waals surface area contributed by atoms with Crippen LogP contribution in [0.5, 0.6) is 0 Å². The Bertz CT molecular complexity index is 878. The summed E-state index contributed by atoms with van der Waals surface area (Å²) >= 11 is 1.62. The first-order chi connectivity index (χ1) is 11.7. The maximum absolute atomic E-state index is 11.5. The number of aromatic amines is 1. The number of para-hydroxylation sites is 1. The van der Waals surface area contributed by atoms with Gasteiger partial charge < -0.3 is 16.0 Å². The molecule has 124 valence electrons. The molecular weight excluding hydrogens is 322 g/mol. The van der Waals surface area contributed by atoms with E-state index >= 15 is 0 Å². The lowest BCUT2D eigenvalue weighted by atomic mass is 10.2. The molecule has 0 aliphatic heterocycles. The number of carbonyl (C=O) groups is 1. The highest BCUT2D eigenvalue weighted by atomic mass is 32.1. The van der Waals surface area contributed by atoms with Gasteiger partial charge in [-0.25, -0.2) is 9.97 Å². The first kappa shape index (κ1) is 15.3. The average Bonchev–Trinajstić information content (AvgIpc) is 3.31. The van der Waals surface area contributed by atoms with E-state index in [4.69, 9.17) is 5.73 Å². The van der Waals surface area contributed by atoms with Crippen molar-refractivity contribution in [2.75, 3.05) is 0 Å². The molecule has 1 aromatic carbocycles. The van der Waals surface area contributed by atoms with Gasteiger partial charge in [-0.05, 0) is 25.0 Å². The van der Waals surface area contributed by atoms with Crippen molar-refractivity contribution in [3.8, 4) is 11.5 Å². The highest BCUT2D eigenvalue weighted by Gasteiger charge is 2.16. The van der Waals surface area contributed by atoms with Gasteiger partial charge in [0, 0.05) is 18.0 Å². The standard InChI is InChI=1S/C17H19N5OS/c18-16(23)11-6-3-7-12-15(11)22-17(21-12)13-9-24-14(20-13)8-19-10-4-1-2-5-10/h3,6-7,9-10,19H,1-2,4-5,8H2,(H2,18,23)(H,21,22). The number of hydrogen-bond donors (Lipinski definition) is 3. The van der Waals surface area contributed by atoms with Crippen molar-refractivity contribution < 1.29 is 4.79 Å². The maximum Gasteiger partial charge on any atom is 0.250 e. The highest BCUT2D eigenvalue weighted by molar-refractivity contribution is 7.09. The van der Waals surface area contributed by atoms with Crippen molar-refractivity contribution in [1.29, 1.82) is 0 Å². The fourth-order valence-electron chi connectivity index (χ4n) is 3.21. The van der Waals surface area contributed by atoms with Gasteiger partial charge in [-0.15, -0.1) is 11.3 Å². The van der Waals surface area contributed by atoms with Gasteiger partial charge in [0.05, 0.1) is 11.1 Å². The lowest BCUT2D eigenvalue weighted by Crippen LogP contribution is -2.25. The first-order valence-corrected chi connectivity index (χ1v) is 9.05. The number of nitrogens with two attached hydrogens (primary N) is 1. The molecule has 0 spiro atoms. The van der Waals surface area contributed by atoms with Crippen LogP contribution in [0.1, 0.15) is 41.0 Å². The van der Waals surface area contributed by atoms with Crippen molar-refractivity contribution in [2.45, 2.75) is 38.3 Å². The number of benzene rings is 1. The Morgan fingerprint density at radius 3 is 2.96 bits per heavy atom. The summed E-state index contributed by atoms with van der Waals surface area (Å²) in [6, 6.07) is 5.99. The van der Waals surface area contributed by atoms with Gasteiger partial charge in [-0.3, -0.25) is 4.79 Å². The van der Waals surface area contributed by atoms with E-state index in [0.29, 0.717) is 22.9 Å². The predicted octanol–water partition coefficient (Wildman–Crippen LogP) is 2.82. The Morgan fingerprint density at radius 2 is 2.17 bits per heavy atom. The second-order valence-corrected chi connectivity index (χ2v) is 7.08. The fraction of sp³-hybridized carbons (Fsp3) is 0.353. The van der Waals surface area contributed by atoms with Crippen LogP contribution in [-0.2, 0) is 6.54 Å². The van der Waals surface area contributed by atoms with E-state index in [2.05, 4.69) is 20.3 Å². The monoisotopic (exact) mass is 341 g/mol. The molecule has 0 bridgehead atoms. The van der Waals surface area contributed by atoms with Crippen molar-refractivity contribution in [3.63, 3.8) is 0 Å². The van der Waals surface area contributed by atoms with E-state index in [1.807, 2.05) is 11.4 Å². The molecule has 0 atom stereocenters. The van der Waals surface area contributed by atoms with Crippen molar-refractivity contribution >= 4 is 28.3 Å². The number of H-pyrrole nitrogens is 1. The molecule has 1 amide bonds. The van der Waals surface area contributed by atoms with Crippen molar-refractivity contribution in [2.24, 2.45) is 5.73 Å². The normalized spacial score (nSPS) is 15.3. The summed E-state index contributed by atoms with van der Waals surface area (Å²) in [5.41, 5.74) is 8.03. The topological polar surface area (TPSA) is 96.7 Å². The second-order valence-electron chi connectivity index (χ2n) is 6.14. The third-order valence-corrected chi connectivity index (χ3v) is 5.32. The van der Waals surface area contributed by atoms with Gasteiger partial charge in [0.15, 0.2) is 5.82 Å². The predicted molar refractivity (Wildman–Crippen MR) is 94.8 cm³/mol.